The highest BCUT2D eigenvalue weighted by atomic mass is 16.3. The Morgan fingerprint density at radius 3 is 2.05 bits per heavy atom. The molecule has 0 spiro atoms. The highest BCUT2D eigenvalue weighted by molar-refractivity contribution is 5.24. The molecular formula is C17H20N2O. The highest BCUT2D eigenvalue weighted by Gasteiger charge is 2.32. The molecule has 2 rings (SSSR count). The minimum atomic E-state index is -0.390. The van der Waals surface area contributed by atoms with Crippen molar-refractivity contribution in [2.45, 2.75) is 32.4 Å². The van der Waals surface area contributed by atoms with Crippen LogP contribution in [0.25, 0.3) is 0 Å². The molecule has 3 heteroatoms. The number of hydrogen-bond acceptors (Lipinski definition) is 2. The van der Waals surface area contributed by atoms with Gasteiger partial charge in [0.05, 0.1) is 17.4 Å². The van der Waals surface area contributed by atoms with Crippen molar-refractivity contribution in [2.24, 2.45) is 5.29 Å². The van der Waals surface area contributed by atoms with Gasteiger partial charge >= 0.3 is 0 Å². The lowest BCUT2D eigenvalue weighted by atomic mass is 9.88. The van der Waals surface area contributed by atoms with E-state index in [9.17, 15) is 4.91 Å². The van der Waals surface area contributed by atoms with E-state index in [1.807, 2.05) is 60.7 Å². The SMILES string of the molecule is CC[C@](C)(c1ccccc1)N(Cc1ccccc1)N=O. The number of hydrogen-bond donors (Lipinski definition) is 0. The highest BCUT2D eigenvalue weighted by Crippen LogP contribution is 2.33. The topological polar surface area (TPSA) is 32.7 Å². The molecule has 0 radical (unpaired) electrons. The van der Waals surface area contributed by atoms with Gasteiger partial charge in [0.15, 0.2) is 0 Å². The molecule has 0 heterocycles. The van der Waals surface area contributed by atoms with E-state index in [2.05, 4.69) is 19.1 Å². The van der Waals surface area contributed by atoms with Crippen molar-refractivity contribution in [1.29, 1.82) is 0 Å². The van der Waals surface area contributed by atoms with Gasteiger partial charge in [-0.25, -0.2) is 5.01 Å². The van der Waals surface area contributed by atoms with Crippen molar-refractivity contribution in [3.63, 3.8) is 0 Å². The first kappa shape index (κ1) is 14.3. The molecule has 0 fully saturated rings. The molecule has 0 saturated carbocycles. The van der Waals surface area contributed by atoms with Crippen molar-refractivity contribution in [1.82, 2.24) is 5.01 Å². The first-order chi connectivity index (χ1) is 9.70. The van der Waals surface area contributed by atoms with Gasteiger partial charge in [0.2, 0.25) is 0 Å². The molecule has 0 saturated heterocycles. The van der Waals surface area contributed by atoms with Gasteiger partial charge in [0.1, 0.15) is 0 Å². The third kappa shape index (κ3) is 2.87. The summed E-state index contributed by atoms with van der Waals surface area (Å²) >= 11 is 0. The lowest BCUT2D eigenvalue weighted by Gasteiger charge is -2.37. The maximum absolute atomic E-state index is 11.4. The Bertz CT molecular complexity index is 541. The smallest absolute Gasteiger partial charge is 0.0832 e. The second kappa shape index (κ2) is 6.33. The maximum Gasteiger partial charge on any atom is 0.0832 e. The summed E-state index contributed by atoms with van der Waals surface area (Å²) in [6, 6.07) is 20.0. The molecule has 2 aromatic rings. The summed E-state index contributed by atoms with van der Waals surface area (Å²) in [4.78, 5) is 11.4. The summed E-state index contributed by atoms with van der Waals surface area (Å²) in [5.41, 5.74) is 1.81. The first-order valence-electron chi connectivity index (χ1n) is 6.91. The van der Waals surface area contributed by atoms with E-state index < -0.39 is 5.54 Å². The van der Waals surface area contributed by atoms with Crippen LogP contribution >= 0.6 is 0 Å². The molecule has 0 aromatic heterocycles. The molecule has 1 atom stereocenters. The van der Waals surface area contributed by atoms with Crippen molar-refractivity contribution in [2.75, 3.05) is 0 Å². The zero-order valence-corrected chi connectivity index (χ0v) is 12.0. The molecular weight excluding hydrogens is 248 g/mol. The first-order valence-corrected chi connectivity index (χ1v) is 6.91. The molecule has 0 unspecified atom stereocenters. The Morgan fingerprint density at radius 2 is 1.55 bits per heavy atom. The molecule has 0 amide bonds. The molecule has 0 aliphatic rings. The molecule has 0 aliphatic heterocycles. The third-order valence-electron chi connectivity index (χ3n) is 3.93. The van der Waals surface area contributed by atoms with Gasteiger partial charge in [-0.3, -0.25) is 0 Å². The fraction of sp³-hybridized carbons (Fsp3) is 0.294. The van der Waals surface area contributed by atoms with Gasteiger partial charge in [-0.15, -0.1) is 4.91 Å². The Hall–Kier alpha value is -2.16. The summed E-state index contributed by atoms with van der Waals surface area (Å²) < 4.78 is 0. The average molecular weight is 268 g/mol. The van der Waals surface area contributed by atoms with Crippen molar-refractivity contribution < 1.29 is 0 Å². The summed E-state index contributed by atoms with van der Waals surface area (Å²) in [6.07, 6.45) is 0.815. The standard InChI is InChI=1S/C17H20N2O/c1-3-17(2,16-12-8-5-9-13-16)19(18-20)14-15-10-6-4-7-11-15/h4-13H,3,14H2,1-2H3/t17-/m1/s1. The van der Waals surface area contributed by atoms with Crippen LogP contribution in [0.4, 0.5) is 0 Å². The van der Waals surface area contributed by atoms with Crippen LogP contribution in [0.15, 0.2) is 65.9 Å². The molecule has 20 heavy (non-hydrogen) atoms. The van der Waals surface area contributed by atoms with Crippen LogP contribution in [-0.2, 0) is 12.1 Å². The van der Waals surface area contributed by atoms with E-state index in [0.29, 0.717) is 6.54 Å². The molecule has 3 nitrogen and oxygen atoms in total. The fourth-order valence-corrected chi connectivity index (χ4v) is 2.38. The molecule has 0 aliphatic carbocycles. The minimum Gasteiger partial charge on any atom is -0.246 e. The van der Waals surface area contributed by atoms with Crippen LogP contribution in [-0.4, -0.2) is 5.01 Å². The zero-order valence-electron chi connectivity index (χ0n) is 12.0. The van der Waals surface area contributed by atoms with E-state index in [4.69, 9.17) is 0 Å². The predicted molar refractivity (Wildman–Crippen MR) is 81.9 cm³/mol. The van der Waals surface area contributed by atoms with Crippen LogP contribution in [0.5, 0.6) is 0 Å². The molecule has 2 aromatic carbocycles. The van der Waals surface area contributed by atoms with Gasteiger partial charge < -0.3 is 0 Å². The normalized spacial score (nSPS) is 13.5. The quantitative estimate of drug-likeness (QED) is 0.571. The van der Waals surface area contributed by atoms with Gasteiger partial charge in [0.25, 0.3) is 0 Å². The minimum absolute atomic E-state index is 0.390. The van der Waals surface area contributed by atoms with Gasteiger partial charge in [0, 0.05) is 0 Å². The second-order valence-corrected chi connectivity index (χ2v) is 5.12. The Labute approximate surface area is 120 Å². The molecule has 0 bridgehead atoms. The average Bonchev–Trinajstić information content (AvgIpc) is 2.53. The summed E-state index contributed by atoms with van der Waals surface area (Å²) in [5.74, 6) is 0. The van der Waals surface area contributed by atoms with Crippen molar-refractivity contribution in [3.05, 3.63) is 76.7 Å². The Morgan fingerprint density at radius 1 is 1.00 bits per heavy atom. The second-order valence-electron chi connectivity index (χ2n) is 5.12. The molecule has 104 valence electrons. The van der Waals surface area contributed by atoms with Crippen LogP contribution in [0.3, 0.4) is 0 Å². The Kier molecular flexibility index (Phi) is 4.51. The van der Waals surface area contributed by atoms with Crippen LogP contribution in [0.2, 0.25) is 0 Å². The van der Waals surface area contributed by atoms with Gasteiger partial charge in [-0.2, -0.15) is 0 Å². The summed E-state index contributed by atoms with van der Waals surface area (Å²) in [5, 5.41) is 4.92. The van der Waals surface area contributed by atoms with E-state index in [-0.39, 0.29) is 0 Å². The maximum atomic E-state index is 11.4. The predicted octanol–water partition coefficient (Wildman–Crippen LogP) is 4.50. The third-order valence-corrected chi connectivity index (χ3v) is 3.93. The lowest BCUT2D eigenvalue weighted by molar-refractivity contribution is 0.0901. The van der Waals surface area contributed by atoms with E-state index >= 15 is 0 Å². The van der Waals surface area contributed by atoms with Crippen molar-refractivity contribution >= 4 is 0 Å². The largest absolute Gasteiger partial charge is 0.246 e. The van der Waals surface area contributed by atoms with Gasteiger partial charge in [-0.1, -0.05) is 67.6 Å². The van der Waals surface area contributed by atoms with E-state index in [0.717, 1.165) is 17.5 Å². The molecule has 0 N–H and O–H groups in total. The van der Waals surface area contributed by atoms with E-state index in [1.165, 1.54) is 0 Å². The lowest BCUT2D eigenvalue weighted by Crippen LogP contribution is -2.39. The van der Waals surface area contributed by atoms with Crippen LogP contribution in [0.1, 0.15) is 31.4 Å². The summed E-state index contributed by atoms with van der Waals surface area (Å²) in [7, 11) is 0. The monoisotopic (exact) mass is 268 g/mol. The van der Waals surface area contributed by atoms with Crippen molar-refractivity contribution in [3.8, 4) is 0 Å². The van der Waals surface area contributed by atoms with Gasteiger partial charge in [-0.05, 0) is 24.5 Å². The number of nitrogens with zero attached hydrogens (tertiary/aromatic N) is 2. The number of benzene rings is 2. The summed E-state index contributed by atoms with van der Waals surface area (Å²) in [6.45, 7) is 4.66. The van der Waals surface area contributed by atoms with Crippen LogP contribution in [0, 0.1) is 4.91 Å². The zero-order chi connectivity index (χ0) is 14.4. The fourth-order valence-electron chi connectivity index (χ4n) is 2.38. The van der Waals surface area contributed by atoms with Crippen LogP contribution < -0.4 is 0 Å². The number of nitroso groups, excluding NO2 is 1. The van der Waals surface area contributed by atoms with E-state index in [1.54, 1.807) is 5.01 Å². The number of rotatable bonds is 6. The Balaban J connectivity index is 2.30.